The molecule has 1 aromatic heterocycles. The minimum absolute atomic E-state index is 0.165. The Hall–Kier alpha value is -2.63. The first-order chi connectivity index (χ1) is 12.9. The van der Waals surface area contributed by atoms with Crippen LogP contribution in [0.15, 0.2) is 36.7 Å². The Balaban J connectivity index is 1.71. The maximum absolute atomic E-state index is 10.8. The molecule has 144 valence electrons. The number of aliphatic hydroxyl groups excluding tert-OH is 4. The molecule has 1 aliphatic rings. The Morgan fingerprint density at radius 1 is 1.04 bits per heavy atom. The minimum Gasteiger partial charge on any atom is -0.476 e. The fraction of sp³-hybridized carbons (Fsp3) is 0.353. The van der Waals surface area contributed by atoms with Gasteiger partial charge in [0, 0.05) is 5.56 Å². The molecule has 2 heterocycles. The third kappa shape index (κ3) is 4.04. The number of hydrogen-bond acceptors (Lipinski definition) is 9. The van der Waals surface area contributed by atoms with Gasteiger partial charge in [-0.25, -0.2) is 9.78 Å². The number of aromatic carboxylic acids is 1. The normalized spacial score (nSPS) is 27.9. The van der Waals surface area contributed by atoms with Crippen LogP contribution in [0.25, 0.3) is 11.3 Å². The molecule has 10 heteroatoms. The number of carbonyl (C=O) groups is 1. The molecule has 0 spiro atoms. The second-order valence-corrected chi connectivity index (χ2v) is 5.93. The highest BCUT2D eigenvalue weighted by atomic mass is 16.7. The number of aliphatic hydroxyl groups is 4. The standard InChI is InChI=1S/C17H18N2O8/c20-7-12-13(21)14(22)15(23)17(27-12)26-9-3-1-8(2-4-9)10-5-19-11(6-18-10)16(24)25/h1-6,12-15,17,20-23H,7H2,(H,24,25)/t12-,13-,14+,15+,17+/m1/s1. The quantitative estimate of drug-likeness (QED) is 0.437. The van der Waals surface area contributed by atoms with Crippen LogP contribution in [0.5, 0.6) is 5.75 Å². The average Bonchev–Trinajstić information content (AvgIpc) is 2.69. The summed E-state index contributed by atoms with van der Waals surface area (Å²) in [5.74, 6) is -0.865. The van der Waals surface area contributed by atoms with E-state index >= 15 is 0 Å². The lowest BCUT2D eigenvalue weighted by molar-refractivity contribution is -0.277. The second-order valence-electron chi connectivity index (χ2n) is 5.93. The lowest BCUT2D eigenvalue weighted by Gasteiger charge is -2.39. The van der Waals surface area contributed by atoms with Crippen LogP contribution in [0.4, 0.5) is 0 Å². The van der Waals surface area contributed by atoms with Crippen molar-refractivity contribution in [1.82, 2.24) is 9.97 Å². The summed E-state index contributed by atoms with van der Waals surface area (Å²) in [6.45, 7) is -0.547. The topological polar surface area (TPSA) is 162 Å². The van der Waals surface area contributed by atoms with Gasteiger partial charge in [-0.05, 0) is 24.3 Å². The minimum atomic E-state index is -1.52. The molecule has 3 rings (SSSR count). The van der Waals surface area contributed by atoms with Crippen molar-refractivity contribution >= 4 is 5.97 Å². The van der Waals surface area contributed by atoms with Crippen molar-refractivity contribution in [2.75, 3.05) is 6.61 Å². The van der Waals surface area contributed by atoms with Crippen molar-refractivity contribution in [1.29, 1.82) is 0 Å². The predicted octanol–water partition coefficient (Wildman–Crippen LogP) is -0.980. The summed E-state index contributed by atoms with van der Waals surface area (Å²) in [7, 11) is 0. The smallest absolute Gasteiger partial charge is 0.356 e. The largest absolute Gasteiger partial charge is 0.476 e. The zero-order valence-electron chi connectivity index (χ0n) is 13.9. The third-order valence-electron chi connectivity index (χ3n) is 4.12. The molecule has 0 saturated carbocycles. The highest BCUT2D eigenvalue weighted by molar-refractivity contribution is 5.85. The number of hydrogen-bond donors (Lipinski definition) is 5. The molecular weight excluding hydrogens is 360 g/mol. The molecule has 27 heavy (non-hydrogen) atoms. The summed E-state index contributed by atoms with van der Waals surface area (Å²) in [4.78, 5) is 18.6. The molecule has 2 aromatic rings. The van der Waals surface area contributed by atoms with Crippen molar-refractivity contribution in [3.8, 4) is 17.0 Å². The van der Waals surface area contributed by atoms with Crippen molar-refractivity contribution in [2.45, 2.75) is 30.7 Å². The average molecular weight is 378 g/mol. The van der Waals surface area contributed by atoms with Crippen molar-refractivity contribution < 1.29 is 39.8 Å². The summed E-state index contributed by atoms with van der Waals surface area (Å²) in [5, 5.41) is 47.5. The fourth-order valence-electron chi connectivity index (χ4n) is 2.59. The summed E-state index contributed by atoms with van der Waals surface area (Å²) in [6, 6.07) is 6.40. The number of carboxylic acids is 1. The lowest BCUT2D eigenvalue weighted by Crippen LogP contribution is -2.60. The fourth-order valence-corrected chi connectivity index (χ4v) is 2.59. The van der Waals surface area contributed by atoms with Gasteiger partial charge < -0.3 is 35.0 Å². The summed E-state index contributed by atoms with van der Waals surface area (Å²) < 4.78 is 10.8. The zero-order valence-corrected chi connectivity index (χ0v) is 13.9. The first-order valence-electron chi connectivity index (χ1n) is 8.03. The molecule has 1 aliphatic heterocycles. The van der Waals surface area contributed by atoms with E-state index in [0.29, 0.717) is 17.0 Å². The second kappa shape index (κ2) is 7.94. The number of nitrogens with zero attached hydrogens (tertiary/aromatic N) is 2. The van der Waals surface area contributed by atoms with Gasteiger partial charge >= 0.3 is 5.97 Å². The van der Waals surface area contributed by atoms with Crippen LogP contribution in [0.3, 0.4) is 0 Å². The summed E-state index contributed by atoms with van der Waals surface area (Å²) in [6.07, 6.45) is -4.34. The van der Waals surface area contributed by atoms with Gasteiger partial charge in [-0.3, -0.25) is 4.98 Å². The first-order valence-corrected chi connectivity index (χ1v) is 8.03. The van der Waals surface area contributed by atoms with Gasteiger partial charge in [0.15, 0.2) is 5.69 Å². The van der Waals surface area contributed by atoms with Gasteiger partial charge in [-0.15, -0.1) is 0 Å². The molecule has 5 atom stereocenters. The van der Waals surface area contributed by atoms with E-state index in [1.54, 1.807) is 24.3 Å². The number of carboxylic acid groups (broad SMARTS) is 1. The van der Waals surface area contributed by atoms with Crippen LogP contribution in [-0.4, -0.2) is 78.8 Å². The van der Waals surface area contributed by atoms with E-state index in [-0.39, 0.29) is 5.69 Å². The van der Waals surface area contributed by atoms with Crippen LogP contribution < -0.4 is 4.74 Å². The summed E-state index contributed by atoms with van der Waals surface area (Å²) in [5.41, 5.74) is 0.946. The van der Waals surface area contributed by atoms with E-state index in [4.69, 9.17) is 14.6 Å². The van der Waals surface area contributed by atoms with E-state index in [9.17, 15) is 25.2 Å². The maximum atomic E-state index is 10.8. The molecule has 0 aliphatic carbocycles. The van der Waals surface area contributed by atoms with Crippen LogP contribution in [-0.2, 0) is 4.74 Å². The van der Waals surface area contributed by atoms with Crippen molar-refractivity contribution in [2.24, 2.45) is 0 Å². The maximum Gasteiger partial charge on any atom is 0.356 e. The van der Waals surface area contributed by atoms with Crippen molar-refractivity contribution in [3.63, 3.8) is 0 Å². The Morgan fingerprint density at radius 3 is 2.30 bits per heavy atom. The van der Waals surface area contributed by atoms with Crippen molar-refractivity contribution in [3.05, 3.63) is 42.4 Å². The number of aromatic nitrogens is 2. The number of rotatable bonds is 5. The van der Waals surface area contributed by atoms with Gasteiger partial charge in [0.25, 0.3) is 0 Å². The van der Waals surface area contributed by atoms with Crippen LogP contribution in [0.1, 0.15) is 10.5 Å². The molecule has 1 fully saturated rings. The monoisotopic (exact) mass is 378 g/mol. The van der Waals surface area contributed by atoms with Crippen LogP contribution in [0.2, 0.25) is 0 Å². The Kier molecular flexibility index (Phi) is 5.63. The Bertz CT molecular complexity index is 781. The van der Waals surface area contributed by atoms with Gasteiger partial charge in [-0.2, -0.15) is 0 Å². The number of ether oxygens (including phenoxy) is 2. The van der Waals surface area contributed by atoms with Crippen LogP contribution >= 0.6 is 0 Å². The number of benzene rings is 1. The molecule has 5 N–H and O–H groups in total. The molecular formula is C17H18N2O8. The van der Waals surface area contributed by atoms with E-state index in [0.717, 1.165) is 6.20 Å². The van der Waals surface area contributed by atoms with E-state index < -0.39 is 43.3 Å². The molecule has 0 unspecified atom stereocenters. The molecule has 0 radical (unpaired) electrons. The van der Waals surface area contributed by atoms with E-state index in [1.807, 2.05) is 0 Å². The lowest BCUT2D eigenvalue weighted by atomic mass is 9.99. The van der Waals surface area contributed by atoms with Gasteiger partial charge in [0.05, 0.1) is 24.7 Å². The molecule has 0 amide bonds. The summed E-state index contributed by atoms with van der Waals surface area (Å²) >= 11 is 0. The molecule has 1 saturated heterocycles. The first kappa shape index (κ1) is 19.1. The predicted molar refractivity (Wildman–Crippen MR) is 88.8 cm³/mol. The molecule has 1 aromatic carbocycles. The zero-order chi connectivity index (χ0) is 19.6. The Labute approximate surface area is 153 Å². The molecule has 0 bridgehead atoms. The van der Waals surface area contributed by atoms with E-state index in [1.165, 1.54) is 6.20 Å². The van der Waals surface area contributed by atoms with Gasteiger partial charge in [0.1, 0.15) is 30.2 Å². The van der Waals surface area contributed by atoms with Crippen LogP contribution in [0, 0.1) is 0 Å². The highest BCUT2D eigenvalue weighted by Gasteiger charge is 2.44. The van der Waals surface area contributed by atoms with E-state index in [2.05, 4.69) is 9.97 Å². The molecule has 10 nitrogen and oxygen atoms in total. The van der Waals surface area contributed by atoms with Gasteiger partial charge in [-0.1, -0.05) is 0 Å². The Morgan fingerprint density at radius 2 is 1.74 bits per heavy atom. The highest BCUT2D eigenvalue weighted by Crippen LogP contribution is 2.26. The SMILES string of the molecule is O=C(O)c1cnc(-c2ccc(O[C@H]3O[C@H](CO)[C@@H](O)[C@H](O)[C@@H]3O)cc2)cn1. The third-order valence-corrected chi connectivity index (χ3v) is 4.12. The van der Waals surface area contributed by atoms with Gasteiger partial charge in [0.2, 0.25) is 6.29 Å².